The van der Waals surface area contributed by atoms with Crippen molar-refractivity contribution in [1.29, 1.82) is 0 Å². The average molecular weight is 262 g/mol. The van der Waals surface area contributed by atoms with Crippen LogP contribution in [0.4, 0.5) is 0 Å². The van der Waals surface area contributed by atoms with Gasteiger partial charge < -0.3 is 0 Å². The Morgan fingerprint density at radius 1 is 1.10 bits per heavy atom. The van der Waals surface area contributed by atoms with Crippen molar-refractivity contribution in [2.75, 3.05) is 0 Å². The number of benzene rings is 1. The van der Waals surface area contributed by atoms with E-state index in [1.165, 1.54) is 0 Å². The lowest BCUT2D eigenvalue weighted by Gasteiger charge is -1.96. The van der Waals surface area contributed by atoms with E-state index in [0.717, 1.165) is 22.0 Å². The molecule has 0 spiro atoms. The van der Waals surface area contributed by atoms with Crippen molar-refractivity contribution in [3.05, 3.63) is 66.1 Å². The van der Waals surface area contributed by atoms with Crippen LogP contribution < -0.4 is 0 Å². The van der Waals surface area contributed by atoms with Crippen LogP contribution in [-0.4, -0.2) is 15.5 Å². The summed E-state index contributed by atoms with van der Waals surface area (Å²) in [4.78, 5) is 15.7. The van der Waals surface area contributed by atoms with Crippen molar-refractivity contribution in [2.45, 2.75) is 6.92 Å². The number of hydrogen-bond acceptors (Lipinski definition) is 2. The van der Waals surface area contributed by atoms with Gasteiger partial charge in [0.05, 0.1) is 5.52 Å². The van der Waals surface area contributed by atoms with Gasteiger partial charge in [0.25, 0.3) is 0 Å². The highest BCUT2D eigenvalue weighted by molar-refractivity contribution is 5.98. The van der Waals surface area contributed by atoms with Crippen LogP contribution in [0.2, 0.25) is 0 Å². The summed E-state index contributed by atoms with van der Waals surface area (Å²) in [6.45, 7) is 1.57. The fraction of sp³-hybridized carbons (Fsp3) is 0.0588. The second-order valence-electron chi connectivity index (χ2n) is 4.60. The number of fused-ring (bicyclic) bond motifs is 1. The Bertz CT molecular complexity index is 785. The largest absolute Gasteiger partial charge is 0.287 e. The monoisotopic (exact) mass is 262 g/mol. The summed E-state index contributed by atoms with van der Waals surface area (Å²) in [5.41, 5.74) is 3.06. The quantitative estimate of drug-likeness (QED) is 0.702. The molecule has 0 aliphatic rings. The van der Waals surface area contributed by atoms with Gasteiger partial charge in [0.1, 0.15) is 0 Å². The highest BCUT2D eigenvalue weighted by Crippen LogP contribution is 2.23. The molecule has 0 aliphatic carbocycles. The van der Waals surface area contributed by atoms with Crippen LogP contribution >= 0.6 is 0 Å². The molecule has 3 aromatic rings. The molecule has 0 atom stereocenters. The molecular weight excluding hydrogens is 248 g/mol. The summed E-state index contributed by atoms with van der Waals surface area (Å²) in [6.07, 6.45) is 9.45. The van der Waals surface area contributed by atoms with Gasteiger partial charge in [0.2, 0.25) is 5.91 Å². The fourth-order valence-electron chi connectivity index (χ4n) is 2.26. The molecule has 0 fully saturated rings. The molecular formula is C17H14N2O. The lowest BCUT2D eigenvalue weighted by atomic mass is 10.1. The van der Waals surface area contributed by atoms with Gasteiger partial charge in [-0.05, 0) is 23.8 Å². The van der Waals surface area contributed by atoms with E-state index in [9.17, 15) is 4.79 Å². The number of para-hydroxylation sites is 1. The predicted octanol–water partition coefficient (Wildman–Crippen LogP) is 3.87. The van der Waals surface area contributed by atoms with Gasteiger partial charge in [-0.25, -0.2) is 0 Å². The standard InChI is InChI=1S/C17H14N2O/c1-13(20)19-12-15(16-4-2-3-5-17(16)19)7-6-14-8-10-18-11-9-14/h2-12H,1H3/b7-6+. The molecule has 0 aliphatic heterocycles. The highest BCUT2D eigenvalue weighted by Gasteiger charge is 2.08. The first-order valence-electron chi connectivity index (χ1n) is 6.45. The summed E-state index contributed by atoms with van der Waals surface area (Å²) < 4.78 is 1.68. The summed E-state index contributed by atoms with van der Waals surface area (Å²) in [5.74, 6) is 0.0183. The number of rotatable bonds is 2. The third-order valence-electron chi connectivity index (χ3n) is 3.24. The van der Waals surface area contributed by atoms with Gasteiger partial charge in [0, 0.05) is 36.5 Å². The zero-order chi connectivity index (χ0) is 13.9. The summed E-state index contributed by atoms with van der Waals surface area (Å²) in [7, 11) is 0. The van der Waals surface area contributed by atoms with Crippen LogP contribution in [0.3, 0.4) is 0 Å². The molecule has 0 unspecified atom stereocenters. The van der Waals surface area contributed by atoms with Crippen molar-refractivity contribution in [3.8, 4) is 0 Å². The zero-order valence-electron chi connectivity index (χ0n) is 11.2. The SMILES string of the molecule is CC(=O)n1cc(/C=C/c2ccncc2)c2ccccc21. The van der Waals surface area contributed by atoms with E-state index in [-0.39, 0.29) is 5.91 Å². The Balaban J connectivity index is 2.08. The molecule has 0 N–H and O–H groups in total. The lowest BCUT2D eigenvalue weighted by Crippen LogP contribution is -2.02. The Kier molecular flexibility index (Phi) is 3.17. The molecule has 0 saturated carbocycles. The van der Waals surface area contributed by atoms with Crippen LogP contribution in [0.25, 0.3) is 23.1 Å². The van der Waals surface area contributed by atoms with E-state index in [0.29, 0.717) is 0 Å². The second kappa shape index (κ2) is 5.13. The van der Waals surface area contributed by atoms with E-state index in [4.69, 9.17) is 0 Å². The van der Waals surface area contributed by atoms with Crippen molar-refractivity contribution in [3.63, 3.8) is 0 Å². The third-order valence-corrected chi connectivity index (χ3v) is 3.24. The van der Waals surface area contributed by atoms with Crippen LogP contribution in [0, 0.1) is 0 Å². The first-order chi connectivity index (χ1) is 9.75. The van der Waals surface area contributed by atoms with Crippen molar-refractivity contribution >= 4 is 29.0 Å². The maximum Gasteiger partial charge on any atom is 0.227 e. The molecule has 0 saturated heterocycles. The summed E-state index contributed by atoms with van der Waals surface area (Å²) in [6, 6.07) is 11.8. The number of aromatic nitrogens is 2. The predicted molar refractivity (Wildman–Crippen MR) is 81.4 cm³/mol. The van der Waals surface area contributed by atoms with Crippen molar-refractivity contribution in [2.24, 2.45) is 0 Å². The molecule has 3 heteroatoms. The molecule has 3 nitrogen and oxygen atoms in total. The fourth-order valence-corrected chi connectivity index (χ4v) is 2.26. The van der Waals surface area contributed by atoms with Gasteiger partial charge in [-0.1, -0.05) is 30.4 Å². The number of hydrogen-bond donors (Lipinski definition) is 0. The molecule has 0 bridgehead atoms. The topological polar surface area (TPSA) is 34.9 Å². The van der Waals surface area contributed by atoms with E-state index in [2.05, 4.69) is 4.98 Å². The Morgan fingerprint density at radius 2 is 1.85 bits per heavy atom. The minimum atomic E-state index is 0.0183. The van der Waals surface area contributed by atoms with E-state index in [1.54, 1.807) is 23.9 Å². The molecule has 1 aromatic carbocycles. The number of carbonyl (C=O) groups excluding carboxylic acids is 1. The van der Waals surface area contributed by atoms with Crippen LogP contribution in [0.5, 0.6) is 0 Å². The van der Waals surface area contributed by atoms with E-state index in [1.807, 2.05) is 54.7 Å². The van der Waals surface area contributed by atoms with Crippen LogP contribution in [0.15, 0.2) is 55.0 Å². The molecule has 2 heterocycles. The number of pyridine rings is 1. The minimum absolute atomic E-state index is 0.0183. The second-order valence-corrected chi connectivity index (χ2v) is 4.60. The Morgan fingerprint density at radius 3 is 2.60 bits per heavy atom. The number of carbonyl (C=O) groups is 1. The van der Waals surface area contributed by atoms with Gasteiger partial charge in [-0.2, -0.15) is 0 Å². The zero-order valence-corrected chi connectivity index (χ0v) is 11.2. The maximum absolute atomic E-state index is 11.7. The van der Waals surface area contributed by atoms with E-state index >= 15 is 0 Å². The smallest absolute Gasteiger partial charge is 0.227 e. The first kappa shape index (κ1) is 12.4. The molecule has 3 rings (SSSR count). The van der Waals surface area contributed by atoms with Crippen LogP contribution in [0.1, 0.15) is 22.8 Å². The summed E-state index contributed by atoms with van der Waals surface area (Å²) >= 11 is 0. The number of nitrogens with zero attached hydrogens (tertiary/aromatic N) is 2. The van der Waals surface area contributed by atoms with Gasteiger partial charge in [0.15, 0.2) is 0 Å². The Hall–Kier alpha value is -2.68. The minimum Gasteiger partial charge on any atom is -0.287 e. The maximum atomic E-state index is 11.7. The molecule has 0 radical (unpaired) electrons. The van der Waals surface area contributed by atoms with E-state index < -0.39 is 0 Å². The van der Waals surface area contributed by atoms with Gasteiger partial charge >= 0.3 is 0 Å². The third kappa shape index (κ3) is 2.26. The van der Waals surface area contributed by atoms with Gasteiger partial charge in [-0.3, -0.25) is 14.3 Å². The van der Waals surface area contributed by atoms with Gasteiger partial charge in [-0.15, -0.1) is 0 Å². The Labute approximate surface area is 117 Å². The average Bonchev–Trinajstić information content (AvgIpc) is 2.85. The van der Waals surface area contributed by atoms with Crippen LogP contribution in [-0.2, 0) is 0 Å². The molecule has 20 heavy (non-hydrogen) atoms. The molecule has 98 valence electrons. The highest BCUT2D eigenvalue weighted by atomic mass is 16.1. The lowest BCUT2D eigenvalue weighted by molar-refractivity contribution is 0.0941. The first-order valence-corrected chi connectivity index (χ1v) is 6.45. The normalized spacial score (nSPS) is 11.2. The molecule has 2 aromatic heterocycles. The summed E-state index contributed by atoms with van der Waals surface area (Å²) in [5, 5.41) is 1.08. The molecule has 0 amide bonds. The van der Waals surface area contributed by atoms with Crippen molar-refractivity contribution in [1.82, 2.24) is 9.55 Å². The van der Waals surface area contributed by atoms with Crippen molar-refractivity contribution < 1.29 is 4.79 Å².